The summed E-state index contributed by atoms with van der Waals surface area (Å²) in [7, 11) is 0. The lowest BCUT2D eigenvalue weighted by Gasteiger charge is -2.13. The molecule has 1 N–H and O–H groups in total. The van der Waals surface area contributed by atoms with Gasteiger partial charge < -0.3 is 5.32 Å². The molecule has 0 atom stereocenters. The summed E-state index contributed by atoms with van der Waals surface area (Å²) in [5.74, 6) is 0. The van der Waals surface area contributed by atoms with Gasteiger partial charge in [-0.15, -0.1) is 12.4 Å². The number of hydrogen-bond acceptors (Lipinski definition) is 2. The van der Waals surface area contributed by atoms with Crippen molar-refractivity contribution < 1.29 is 13.2 Å². The lowest BCUT2D eigenvalue weighted by Crippen LogP contribution is -2.05. The van der Waals surface area contributed by atoms with Gasteiger partial charge in [0, 0.05) is 22.5 Å². The fourth-order valence-electron chi connectivity index (χ4n) is 2.50. The van der Waals surface area contributed by atoms with Crippen molar-refractivity contribution in [2.75, 3.05) is 5.32 Å². The predicted molar refractivity (Wildman–Crippen MR) is 93.2 cm³/mol. The van der Waals surface area contributed by atoms with E-state index in [0.717, 1.165) is 40.0 Å². The highest BCUT2D eigenvalue weighted by Gasteiger charge is 2.30. The van der Waals surface area contributed by atoms with Gasteiger partial charge in [0.15, 0.2) is 0 Å². The molecule has 0 spiro atoms. The average molecular weight is 353 g/mol. The second-order valence-electron chi connectivity index (χ2n) is 5.54. The number of anilines is 2. The highest BCUT2D eigenvalue weighted by Crippen LogP contribution is 2.32. The van der Waals surface area contributed by atoms with Crippen LogP contribution in [0.2, 0.25) is 0 Å². The van der Waals surface area contributed by atoms with Crippen LogP contribution in [0.1, 0.15) is 16.8 Å². The van der Waals surface area contributed by atoms with Crippen LogP contribution in [0.3, 0.4) is 0 Å². The molecule has 3 aromatic rings. The summed E-state index contributed by atoms with van der Waals surface area (Å²) >= 11 is 0. The van der Waals surface area contributed by atoms with Gasteiger partial charge in [0.1, 0.15) is 0 Å². The molecule has 0 unspecified atom stereocenters. The van der Waals surface area contributed by atoms with Gasteiger partial charge in [-0.2, -0.15) is 13.2 Å². The largest absolute Gasteiger partial charge is 0.416 e. The van der Waals surface area contributed by atoms with E-state index in [1.54, 1.807) is 6.07 Å². The Hall–Kier alpha value is -2.27. The molecule has 0 radical (unpaired) electrons. The Morgan fingerprint density at radius 3 is 2.42 bits per heavy atom. The first kappa shape index (κ1) is 18.1. The summed E-state index contributed by atoms with van der Waals surface area (Å²) in [4.78, 5) is 4.46. The summed E-state index contributed by atoms with van der Waals surface area (Å²) in [6.07, 6.45) is -4.36. The zero-order valence-electron chi connectivity index (χ0n) is 13.1. The minimum absolute atomic E-state index is 0. The molecule has 0 saturated heterocycles. The van der Waals surface area contributed by atoms with E-state index in [1.165, 1.54) is 6.07 Å². The minimum atomic E-state index is -4.36. The van der Waals surface area contributed by atoms with Gasteiger partial charge in [0.05, 0.1) is 11.1 Å². The molecule has 1 heterocycles. The summed E-state index contributed by atoms with van der Waals surface area (Å²) in [5, 5.41) is 3.97. The van der Waals surface area contributed by atoms with E-state index in [-0.39, 0.29) is 12.4 Å². The number of fused-ring (bicyclic) bond motifs is 1. The van der Waals surface area contributed by atoms with Crippen LogP contribution in [0.5, 0.6) is 0 Å². The average Bonchev–Trinajstić information content (AvgIpc) is 2.47. The van der Waals surface area contributed by atoms with E-state index in [2.05, 4.69) is 10.3 Å². The molecule has 126 valence electrons. The first-order valence-corrected chi connectivity index (χ1v) is 7.15. The number of hydrogen-bond donors (Lipinski definition) is 1. The minimum Gasteiger partial charge on any atom is -0.355 e. The van der Waals surface area contributed by atoms with E-state index in [9.17, 15) is 13.2 Å². The Kier molecular flexibility index (Phi) is 5.04. The predicted octanol–water partition coefficient (Wildman–Crippen LogP) is 6.04. The Labute approximate surface area is 144 Å². The van der Waals surface area contributed by atoms with Crippen molar-refractivity contribution in [3.05, 3.63) is 65.4 Å². The molecule has 3 rings (SSSR count). The standard InChI is InChI=1S/C18H15F3N2.ClH/c1-11-6-7-16-15(8-11)17(9-12(2)22-16)23-14-5-3-4-13(10-14)18(19,20)21;/h3-10H,1-2H3,(H,22,23);1H. The van der Waals surface area contributed by atoms with Crippen LogP contribution in [0.25, 0.3) is 10.9 Å². The first-order chi connectivity index (χ1) is 10.8. The second kappa shape index (κ2) is 6.69. The lowest BCUT2D eigenvalue weighted by atomic mass is 10.1. The van der Waals surface area contributed by atoms with Gasteiger partial charge in [-0.1, -0.05) is 17.7 Å². The Morgan fingerprint density at radius 1 is 0.958 bits per heavy atom. The summed E-state index contributed by atoms with van der Waals surface area (Å²) in [6, 6.07) is 12.9. The number of aryl methyl sites for hydroxylation is 2. The summed E-state index contributed by atoms with van der Waals surface area (Å²) < 4.78 is 38.5. The van der Waals surface area contributed by atoms with E-state index in [1.807, 2.05) is 38.1 Å². The quantitative estimate of drug-likeness (QED) is 0.608. The molecule has 0 aliphatic heterocycles. The van der Waals surface area contributed by atoms with Crippen LogP contribution in [0, 0.1) is 13.8 Å². The topological polar surface area (TPSA) is 24.9 Å². The Morgan fingerprint density at radius 2 is 1.71 bits per heavy atom. The fraction of sp³-hybridized carbons (Fsp3) is 0.167. The van der Waals surface area contributed by atoms with Crippen molar-refractivity contribution in [3.8, 4) is 0 Å². The fourth-order valence-corrected chi connectivity index (χ4v) is 2.50. The molecule has 0 aliphatic rings. The number of nitrogens with zero attached hydrogens (tertiary/aromatic N) is 1. The van der Waals surface area contributed by atoms with E-state index >= 15 is 0 Å². The number of alkyl halides is 3. The molecule has 0 aliphatic carbocycles. The first-order valence-electron chi connectivity index (χ1n) is 7.15. The van der Waals surface area contributed by atoms with E-state index in [0.29, 0.717) is 5.69 Å². The second-order valence-corrected chi connectivity index (χ2v) is 5.54. The molecule has 2 aromatic carbocycles. The molecule has 0 amide bonds. The molecule has 0 fully saturated rings. The van der Waals surface area contributed by atoms with E-state index in [4.69, 9.17) is 0 Å². The van der Waals surface area contributed by atoms with Crippen LogP contribution in [-0.4, -0.2) is 4.98 Å². The summed E-state index contributed by atoms with van der Waals surface area (Å²) in [5.41, 5.74) is 3.15. The van der Waals surface area contributed by atoms with Crippen molar-refractivity contribution in [2.24, 2.45) is 0 Å². The molecule has 2 nitrogen and oxygen atoms in total. The highest BCUT2D eigenvalue weighted by atomic mass is 35.5. The number of rotatable bonds is 2. The van der Waals surface area contributed by atoms with Crippen molar-refractivity contribution in [3.63, 3.8) is 0 Å². The van der Waals surface area contributed by atoms with Crippen molar-refractivity contribution in [1.82, 2.24) is 4.98 Å². The lowest BCUT2D eigenvalue weighted by molar-refractivity contribution is -0.137. The molecular formula is C18H16ClF3N2. The number of pyridine rings is 1. The van der Waals surface area contributed by atoms with Crippen LogP contribution in [0.15, 0.2) is 48.5 Å². The smallest absolute Gasteiger partial charge is 0.355 e. The molecule has 1 aromatic heterocycles. The van der Waals surface area contributed by atoms with Crippen molar-refractivity contribution in [2.45, 2.75) is 20.0 Å². The van der Waals surface area contributed by atoms with Gasteiger partial charge in [-0.05, 0) is 50.2 Å². The van der Waals surface area contributed by atoms with Crippen LogP contribution < -0.4 is 5.32 Å². The van der Waals surface area contributed by atoms with Gasteiger partial charge in [-0.3, -0.25) is 4.98 Å². The Balaban J connectivity index is 0.00000208. The zero-order valence-corrected chi connectivity index (χ0v) is 13.9. The third-order valence-electron chi connectivity index (χ3n) is 3.56. The van der Waals surface area contributed by atoms with E-state index < -0.39 is 11.7 Å². The van der Waals surface area contributed by atoms with Crippen LogP contribution in [-0.2, 0) is 6.18 Å². The molecular weight excluding hydrogens is 337 g/mol. The SMILES string of the molecule is Cc1ccc2nc(C)cc(Nc3cccc(C(F)(F)F)c3)c2c1.Cl. The Bertz CT molecular complexity index is 876. The van der Waals surface area contributed by atoms with Gasteiger partial charge in [-0.25, -0.2) is 0 Å². The normalized spacial score (nSPS) is 11.2. The molecule has 6 heteroatoms. The van der Waals surface area contributed by atoms with Crippen LogP contribution >= 0.6 is 12.4 Å². The maximum absolute atomic E-state index is 12.8. The third kappa shape index (κ3) is 3.79. The number of nitrogens with one attached hydrogen (secondary N) is 1. The monoisotopic (exact) mass is 352 g/mol. The molecule has 0 saturated carbocycles. The number of aromatic nitrogens is 1. The van der Waals surface area contributed by atoms with Crippen molar-refractivity contribution in [1.29, 1.82) is 0 Å². The molecule has 24 heavy (non-hydrogen) atoms. The third-order valence-corrected chi connectivity index (χ3v) is 3.56. The zero-order chi connectivity index (χ0) is 16.6. The van der Waals surface area contributed by atoms with Gasteiger partial charge in [0.2, 0.25) is 0 Å². The van der Waals surface area contributed by atoms with Crippen LogP contribution in [0.4, 0.5) is 24.5 Å². The summed E-state index contributed by atoms with van der Waals surface area (Å²) in [6.45, 7) is 3.82. The molecule has 0 bridgehead atoms. The van der Waals surface area contributed by atoms with Crippen molar-refractivity contribution >= 4 is 34.7 Å². The maximum Gasteiger partial charge on any atom is 0.416 e. The van der Waals surface area contributed by atoms with Gasteiger partial charge >= 0.3 is 6.18 Å². The number of benzene rings is 2. The highest BCUT2D eigenvalue weighted by molar-refractivity contribution is 5.93. The van der Waals surface area contributed by atoms with Gasteiger partial charge in [0.25, 0.3) is 0 Å². The number of halogens is 4. The maximum atomic E-state index is 12.8.